The van der Waals surface area contributed by atoms with E-state index in [1.165, 1.54) is 23.6 Å². The third-order valence-electron chi connectivity index (χ3n) is 5.93. The van der Waals surface area contributed by atoms with E-state index in [9.17, 15) is 13.2 Å². The highest BCUT2D eigenvalue weighted by Crippen LogP contribution is 2.36. The third kappa shape index (κ3) is 3.16. The molecule has 24 heavy (non-hydrogen) atoms. The standard InChI is InChI=1S/C17H27N3O3S/c1-3-13-5-7-14(8-6-13)15-18-16(21)17(19-15)9-11-20(12-10-17)24(22,23)4-2/h4,13-14H,2-3,5-12H2,1H3,(H,18,19,21). The zero-order chi connectivity index (χ0) is 17.4. The maximum Gasteiger partial charge on any atom is 0.253 e. The summed E-state index contributed by atoms with van der Waals surface area (Å²) >= 11 is 0. The molecule has 0 aromatic carbocycles. The van der Waals surface area contributed by atoms with Crippen LogP contribution in [0.1, 0.15) is 51.9 Å². The first-order valence-electron chi connectivity index (χ1n) is 8.94. The van der Waals surface area contributed by atoms with Gasteiger partial charge >= 0.3 is 0 Å². The summed E-state index contributed by atoms with van der Waals surface area (Å²) in [4.78, 5) is 17.3. The first-order chi connectivity index (χ1) is 11.4. The molecular formula is C17H27N3O3S. The Morgan fingerprint density at radius 3 is 2.46 bits per heavy atom. The molecule has 0 bridgehead atoms. The molecule has 0 aromatic rings. The molecule has 3 rings (SSSR count). The van der Waals surface area contributed by atoms with Gasteiger partial charge in [-0.05, 0) is 44.4 Å². The Morgan fingerprint density at radius 2 is 1.92 bits per heavy atom. The van der Waals surface area contributed by atoms with Crippen LogP contribution in [0.4, 0.5) is 0 Å². The molecule has 1 N–H and O–H groups in total. The maximum atomic E-state index is 12.5. The average Bonchev–Trinajstić information content (AvgIpc) is 2.92. The smallest absolute Gasteiger partial charge is 0.253 e. The van der Waals surface area contributed by atoms with E-state index in [0.29, 0.717) is 31.8 Å². The summed E-state index contributed by atoms with van der Waals surface area (Å²) in [6, 6.07) is 0. The Balaban J connectivity index is 1.68. The van der Waals surface area contributed by atoms with Crippen LogP contribution in [0.15, 0.2) is 17.0 Å². The van der Waals surface area contributed by atoms with Crippen LogP contribution in [0.25, 0.3) is 0 Å². The van der Waals surface area contributed by atoms with Crippen LogP contribution in [-0.2, 0) is 14.8 Å². The number of aliphatic imine (C=N–C) groups is 1. The molecule has 1 spiro atoms. The van der Waals surface area contributed by atoms with Crippen molar-refractivity contribution in [2.75, 3.05) is 13.1 Å². The summed E-state index contributed by atoms with van der Waals surface area (Å²) in [6.07, 6.45) is 6.70. The number of amidine groups is 1. The third-order valence-corrected chi connectivity index (χ3v) is 7.44. The van der Waals surface area contributed by atoms with Crippen molar-refractivity contribution in [3.63, 3.8) is 0 Å². The second-order valence-corrected chi connectivity index (χ2v) is 9.10. The minimum atomic E-state index is -3.41. The molecule has 1 saturated heterocycles. The second kappa shape index (κ2) is 6.59. The van der Waals surface area contributed by atoms with Crippen molar-refractivity contribution < 1.29 is 13.2 Å². The zero-order valence-corrected chi connectivity index (χ0v) is 15.1. The number of hydrogen-bond acceptors (Lipinski definition) is 4. The number of carbonyl (C=O) groups is 1. The Hall–Kier alpha value is -1.21. The van der Waals surface area contributed by atoms with Gasteiger partial charge in [0.05, 0.1) is 0 Å². The van der Waals surface area contributed by atoms with E-state index in [0.717, 1.165) is 30.0 Å². The van der Waals surface area contributed by atoms with E-state index < -0.39 is 15.6 Å². The second-order valence-electron chi connectivity index (χ2n) is 7.22. The minimum Gasteiger partial charge on any atom is -0.312 e. The van der Waals surface area contributed by atoms with Crippen LogP contribution < -0.4 is 5.32 Å². The highest BCUT2D eigenvalue weighted by molar-refractivity contribution is 7.92. The molecule has 1 saturated carbocycles. The lowest BCUT2D eigenvalue weighted by Gasteiger charge is -2.34. The van der Waals surface area contributed by atoms with E-state index in [1.807, 2.05) is 0 Å². The van der Waals surface area contributed by atoms with Crippen LogP contribution in [0, 0.1) is 11.8 Å². The van der Waals surface area contributed by atoms with Gasteiger partial charge in [0, 0.05) is 24.4 Å². The lowest BCUT2D eigenvalue weighted by Crippen LogP contribution is -2.50. The number of piperidine rings is 1. The Labute approximate surface area is 144 Å². The maximum absolute atomic E-state index is 12.5. The zero-order valence-electron chi connectivity index (χ0n) is 14.3. The lowest BCUT2D eigenvalue weighted by atomic mass is 9.80. The number of amides is 1. The summed E-state index contributed by atoms with van der Waals surface area (Å²) in [7, 11) is -3.41. The minimum absolute atomic E-state index is 0.0502. The highest BCUT2D eigenvalue weighted by Gasteiger charge is 2.48. The van der Waals surface area contributed by atoms with Gasteiger partial charge in [0.15, 0.2) is 0 Å². The van der Waals surface area contributed by atoms with Crippen LogP contribution in [0.2, 0.25) is 0 Å². The molecule has 134 valence electrons. The number of nitrogens with one attached hydrogen (secondary N) is 1. The molecule has 1 amide bonds. The Morgan fingerprint density at radius 1 is 1.29 bits per heavy atom. The van der Waals surface area contributed by atoms with Crippen molar-refractivity contribution >= 4 is 21.8 Å². The van der Waals surface area contributed by atoms with Gasteiger partial charge in [-0.25, -0.2) is 8.42 Å². The van der Waals surface area contributed by atoms with E-state index in [1.54, 1.807) is 0 Å². The van der Waals surface area contributed by atoms with Crippen LogP contribution in [0.3, 0.4) is 0 Å². The number of sulfonamides is 1. The van der Waals surface area contributed by atoms with Gasteiger partial charge in [-0.1, -0.05) is 19.9 Å². The molecule has 0 aromatic heterocycles. The van der Waals surface area contributed by atoms with E-state index in [2.05, 4.69) is 18.8 Å². The van der Waals surface area contributed by atoms with Crippen LogP contribution in [0.5, 0.6) is 0 Å². The van der Waals surface area contributed by atoms with Crippen molar-refractivity contribution in [2.45, 2.75) is 57.4 Å². The van der Waals surface area contributed by atoms with Crippen molar-refractivity contribution in [3.05, 3.63) is 12.0 Å². The van der Waals surface area contributed by atoms with E-state index >= 15 is 0 Å². The number of hydrogen-bond donors (Lipinski definition) is 1. The van der Waals surface area contributed by atoms with Gasteiger partial charge in [0.2, 0.25) is 10.0 Å². The van der Waals surface area contributed by atoms with Crippen molar-refractivity contribution in [2.24, 2.45) is 16.8 Å². The van der Waals surface area contributed by atoms with Crippen molar-refractivity contribution in [3.8, 4) is 0 Å². The molecule has 3 aliphatic rings. The topological polar surface area (TPSA) is 78.8 Å². The fraction of sp³-hybridized carbons (Fsp3) is 0.765. The summed E-state index contributed by atoms with van der Waals surface area (Å²) in [6.45, 7) is 6.24. The molecule has 2 fully saturated rings. The highest BCUT2D eigenvalue weighted by atomic mass is 32.2. The lowest BCUT2D eigenvalue weighted by molar-refractivity contribution is -0.124. The normalized spacial score (nSPS) is 30.9. The van der Waals surface area contributed by atoms with Crippen molar-refractivity contribution in [1.29, 1.82) is 0 Å². The molecule has 0 atom stereocenters. The molecule has 0 unspecified atom stereocenters. The van der Waals surface area contributed by atoms with E-state index in [4.69, 9.17) is 4.99 Å². The summed E-state index contributed by atoms with van der Waals surface area (Å²) in [5.41, 5.74) is -0.760. The SMILES string of the molecule is C=CS(=O)(=O)N1CCC2(CC1)N=C(C1CCC(CC)CC1)NC2=O. The van der Waals surface area contributed by atoms with Crippen LogP contribution >= 0.6 is 0 Å². The largest absolute Gasteiger partial charge is 0.312 e. The monoisotopic (exact) mass is 353 g/mol. The quantitative estimate of drug-likeness (QED) is 0.840. The van der Waals surface area contributed by atoms with Gasteiger partial charge in [-0.15, -0.1) is 0 Å². The van der Waals surface area contributed by atoms with Gasteiger partial charge in [0.1, 0.15) is 11.4 Å². The van der Waals surface area contributed by atoms with E-state index in [-0.39, 0.29) is 5.91 Å². The molecule has 7 heteroatoms. The predicted octanol–water partition coefficient (Wildman–Crippen LogP) is 2.04. The molecule has 6 nitrogen and oxygen atoms in total. The number of rotatable bonds is 4. The van der Waals surface area contributed by atoms with Crippen molar-refractivity contribution in [1.82, 2.24) is 9.62 Å². The Bertz CT molecular complexity index is 640. The van der Waals surface area contributed by atoms with Gasteiger partial charge in [-0.2, -0.15) is 4.31 Å². The summed E-state index contributed by atoms with van der Waals surface area (Å²) in [5.74, 6) is 1.95. The average molecular weight is 353 g/mol. The fourth-order valence-corrected chi connectivity index (χ4v) is 5.04. The number of nitrogens with zero attached hydrogens (tertiary/aromatic N) is 2. The summed E-state index contributed by atoms with van der Waals surface area (Å²) < 4.78 is 25.2. The molecular weight excluding hydrogens is 326 g/mol. The first kappa shape index (κ1) is 17.6. The van der Waals surface area contributed by atoms with Gasteiger partial charge in [-0.3, -0.25) is 9.79 Å². The molecule has 2 heterocycles. The fourth-order valence-electron chi connectivity index (χ4n) is 4.13. The molecule has 0 radical (unpaired) electrons. The molecule has 2 aliphatic heterocycles. The van der Waals surface area contributed by atoms with Gasteiger partial charge < -0.3 is 5.32 Å². The van der Waals surface area contributed by atoms with Crippen LogP contribution in [-0.4, -0.2) is 43.1 Å². The number of carbonyl (C=O) groups excluding carboxylic acids is 1. The van der Waals surface area contributed by atoms with Gasteiger partial charge in [0.25, 0.3) is 5.91 Å². The first-order valence-corrected chi connectivity index (χ1v) is 10.4. The predicted molar refractivity (Wildman–Crippen MR) is 94.0 cm³/mol. The summed E-state index contributed by atoms with van der Waals surface area (Å²) in [5, 5.41) is 3.98. The Kier molecular flexibility index (Phi) is 4.84. The molecule has 1 aliphatic carbocycles.